The molecule has 0 unspecified atom stereocenters. The van der Waals surface area contributed by atoms with Crippen LogP contribution in [0.1, 0.15) is 13.8 Å². The van der Waals surface area contributed by atoms with Crippen LogP contribution in [-0.4, -0.2) is 33.5 Å². The molecular formula is C13H18N2O3S. The van der Waals surface area contributed by atoms with E-state index in [1.54, 1.807) is 26.0 Å². The third-order valence-electron chi connectivity index (χ3n) is 2.65. The normalized spacial score (nSPS) is 12.8. The van der Waals surface area contributed by atoms with E-state index in [9.17, 15) is 9.59 Å². The Kier molecular flexibility index (Phi) is 5.38. The molecule has 1 rings (SSSR count). The average Bonchev–Trinajstić information content (AvgIpc) is 2.36. The second kappa shape index (κ2) is 6.58. The number of benzene rings is 1. The number of anilines is 1. The first-order valence-electron chi connectivity index (χ1n) is 5.80. The number of hydrogen-bond donors (Lipinski definition) is 3. The summed E-state index contributed by atoms with van der Waals surface area (Å²) in [4.78, 5) is 22.6. The third kappa shape index (κ3) is 4.92. The molecule has 0 aliphatic heterocycles. The Bertz CT molecular complexity index is 448. The van der Waals surface area contributed by atoms with Gasteiger partial charge in [0.1, 0.15) is 6.04 Å². The van der Waals surface area contributed by atoms with E-state index in [0.717, 1.165) is 0 Å². The Morgan fingerprint density at radius 2 is 1.95 bits per heavy atom. The predicted molar refractivity (Wildman–Crippen MR) is 77.2 cm³/mol. The summed E-state index contributed by atoms with van der Waals surface area (Å²) in [6.45, 7) is 3.43. The van der Waals surface area contributed by atoms with Gasteiger partial charge >= 0.3 is 5.97 Å². The summed E-state index contributed by atoms with van der Waals surface area (Å²) in [5.74, 6) is -1.09. The van der Waals surface area contributed by atoms with Crippen molar-refractivity contribution in [2.45, 2.75) is 24.6 Å². The summed E-state index contributed by atoms with van der Waals surface area (Å²) in [6, 6.07) is 8.08. The zero-order chi connectivity index (χ0) is 14.5. The van der Waals surface area contributed by atoms with E-state index in [4.69, 9.17) is 10.8 Å². The largest absolute Gasteiger partial charge is 0.480 e. The number of hydrogen-bond acceptors (Lipinski definition) is 4. The Labute approximate surface area is 116 Å². The van der Waals surface area contributed by atoms with Crippen molar-refractivity contribution in [2.75, 3.05) is 11.1 Å². The molecule has 5 nitrogen and oxygen atoms in total. The summed E-state index contributed by atoms with van der Waals surface area (Å²) < 4.78 is -0.708. The molecule has 104 valence electrons. The van der Waals surface area contributed by atoms with Gasteiger partial charge in [0.2, 0.25) is 5.91 Å². The summed E-state index contributed by atoms with van der Waals surface area (Å²) in [5.41, 5.74) is 6.30. The quantitative estimate of drug-likeness (QED) is 0.736. The van der Waals surface area contributed by atoms with Gasteiger partial charge in [0, 0.05) is 10.4 Å². The topological polar surface area (TPSA) is 92.4 Å². The number of nitrogens with one attached hydrogen (secondary N) is 1. The highest BCUT2D eigenvalue weighted by Gasteiger charge is 2.33. The number of thioether (sulfide) groups is 1. The number of carbonyl (C=O) groups excluding carboxylic acids is 1. The van der Waals surface area contributed by atoms with Gasteiger partial charge in [-0.25, -0.2) is 0 Å². The van der Waals surface area contributed by atoms with Gasteiger partial charge in [0.05, 0.1) is 5.75 Å². The van der Waals surface area contributed by atoms with E-state index in [2.05, 4.69) is 5.32 Å². The Morgan fingerprint density at radius 1 is 1.37 bits per heavy atom. The van der Waals surface area contributed by atoms with Crippen LogP contribution in [0.3, 0.4) is 0 Å². The fraction of sp³-hybridized carbons (Fsp3) is 0.385. The smallest absolute Gasteiger partial charge is 0.321 e. The maximum atomic E-state index is 11.7. The van der Waals surface area contributed by atoms with Crippen LogP contribution in [0.25, 0.3) is 0 Å². The molecule has 19 heavy (non-hydrogen) atoms. The molecule has 0 saturated heterocycles. The van der Waals surface area contributed by atoms with E-state index < -0.39 is 16.8 Å². The number of amides is 1. The summed E-state index contributed by atoms with van der Waals surface area (Å²) in [6.07, 6.45) is 0. The van der Waals surface area contributed by atoms with Crippen molar-refractivity contribution < 1.29 is 14.7 Å². The fourth-order valence-electron chi connectivity index (χ4n) is 1.36. The molecule has 0 spiro atoms. The van der Waals surface area contributed by atoms with Crippen molar-refractivity contribution in [1.82, 2.24) is 0 Å². The molecule has 0 aromatic heterocycles. The molecule has 0 radical (unpaired) electrons. The first kappa shape index (κ1) is 15.5. The number of para-hydroxylation sites is 1. The van der Waals surface area contributed by atoms with E-state index in [1.807, 2.05) is 18.2 Å². The second-order valence-corrected chi connectivity index (χ2v) is 6.25. The van der Waals surface area contributed by atoms with Crippen LogP contribution >= 0.6 is 11.8 Å². The monoisotopic (exact) mass is 282 g/mol. The molecule has 0 saturated carbocycles. The van der Waals surface area contributed by atoms with Crippen molar-refractivity contribution >= 4 is 29.3 Å². The number of rotatable bonds is 6. The summed E-state index contributed by atoms with van der Waals surface area (Å²) >= 11 is 1.22. The lowest BCUT2D eigenvalue weighted by atomic mass is 10.1. The van der Waals surface area contributed by atoms with Crippen LogP contribution in [0.4, 0.5) is 5.69 Å². The number of nitrogens with two attached hydrogens (primary N) is 1. The minimum absolute atomic E-state index is 0.156. The molecule has 0 bridgehead atoms. The molecule has 1 atom stereocenters. The van der Waals surface area contributed by atoms with Crippen LogP contribution in [0, 0.1) is 0 Å². The Hall–Kier alpha value is -1.53. The second-order valence-electron chi connectivity index (χ2n) is 4.62. The number of carbonyl (C=O) groups is 2. The van der Waals surface area contributed by atoms with Gasteiger partial charge in [-0.05, 0) is 26.0 Å². The van der Waals surface area contributed by atoms with Crippen molar-refractivity contribution in [2.24, 2.45) is 5.73 Å². The van der Waals surface area contributed by atoms with E-state index in [1.165, 1.54) is 11.8 Å². The molecule has 0 aliphatic rings. The van der Waals surface area contributed by atoms with Crippen LogP contribution < -0.4 is 11.1 Å². The van der Waals surface area contributed by atoms with Gasteiger partial charge < -0.3 is 16.2 Å². The van der Waals surface area contributed by atoms with Crippen molar-refractivity contribution in [3.05, 3.63) is 30.3 Å². The molecule has 0 aliphatic carbocycles. The summed E-state index contributed by atoms with van der Waals surface area (Å²) in [7, 11) is 0. The number of carboxylic acid groups (broad SMARTS) is 1. The molecule has 0 fully saturated rings. The van der Waals surface area contributed by atoms with Crippen molar-refractivity contribution in [3.8, 4) is 0 Å². The fourth-order valence-corrected chi connectivity index (χ4v) is 2.21. The Morgan fingerprint density at radius 3 is 2.47 bits per heavy atom. The van der Waals surface area contributed by atoms with Crippen molar-refractivity contribution in [1.29, 1.82) is 0 Å². The molecule has 1 amide bonds. The van der Waals surface area contributed by atoms with Crippen LogP contribution in [0.2, 0.25) is 0 Å². The average molecular weight is 282 g/mol. The van der Waals surface area contributed by atoms with E-state index in [-0.39, 0.29) is 11.7 Å². The number of aliphatic carboxylic acids is 1. The summed E-state index contributed by atoms with van der Waals surface area (Å²) in [5, 5.41) is 11.6. The van der Waals surface area contributed by atoms with Crippen LogP contribution in [-0.2, 0) is 9.59 Å². The van der Waals surface area contributed by atoms with Gasteiger partial charge in [-0.1, -0.05) is 18.2 Å². The highest BCUT2D eigenvalue weighted by Crippen LogP contribution is 2.27. The minimum Gasteiger partial charge on any atom is -0.480 e. The van der Waals surface area contributed by atoms with Crippen LogP contribution in [0.5, 0.6) is 0 Å². The van der Waals surface area contributed by atoms with Gasteiger partial charge in [-0.15, -0.1) is 11.8 Å². The maximum absolute atomic E-state index is 11.7. The van der Waals surface area contributed by atoms with Gasteiger partial charge in [0.25, 0.3) is 0 Å². The van der Waals surface area contributed by atoms with Gasteiger partial charge in [0.15, 0.2) is 0 Å². The van der Waals surface area contributed by atoms with Gasteiger partial charge in [-0.2, -0.15) is 0 Å². The lowest BCUT2D eigenvalue weighted by Gasteiger charge is -2.27. The highest BCUT2D eigenvalue weighted by molar-refractivity contribution is 8.01. The molecule has 1 aromatic rings. The molecular weight excluding hydrogens is 264 g/mol. The van der Waals surface area contributed by atoms with Crippen molar-refractivity contribution in [3.63, 3.8) is 0 Å². The minimum atomic E-state index is -1.07. The molecule has 4 N–H and O–H groups in total. The first-order chi connectivity index (χ1) is 8.83. The predicted octanol–water partition coefficient (Wildman–Crippen LogP) is 1.55. The lowest BCUT2D eigenvalue weighted by Crippen LogP contribution is -2.47. The standard InChI is InChI=1S/C13H18N2O3S/c1-13(2,11(14)12(17)18)19-8-10(16)15-9-6-4-3-5-7-9/h3-7,11H,8,14H2,1-2H3,(H,15,16)(H,17,18)/t11-/m0/s1. The molecule has 0 heterocycles. The molecule has 6 heteroatoms. The Balaban J connectivity index is 2.48. The molecule has 1 aromatic carbocycles. The van der Waals surface area contributed by atoms with E-state index >= 15 is 0 Å². The van der Waals surface area contributed by atoms with Gasteiger partial charge in [-0.3, -0.25) is 9.59 Å². The number of carboxylic acids is 1. The highest BCUT2D eigenvalue weighted by atomic mass is 32.2. The van der Waals surface area contributed by atoms with E-state index in [0.29, 0.717) is 5.69 Å². The first-order valence-corrected chi connectivity index (χ1v) is 6.79. The lowest BCUT2D eigenvalue weighted by molar-refractivity contribution is -0.139. The van der Waals surface area contributed by atoms with Crippen LogP contribution in [0.15, 0.2) is 30.3 Å². The SMILES string of the molecule is CC(C)(SCC(=O)Nc1ccccc1)[C@@H](N)C(=O)O. The maximum Gasteiger partial charge on any atom is 0.321 e. The zero-order valence-corrected chi connectivity index (χ0v) is 11.7. The zero-order valence-electron chi connectivity index (χ0n) is 10.9. The third-order valence-corrected chi connectivity index (χ3v) is 4.05.